The standard InChI is InChI=1S/C27H19FN8O2S/c28-18-12-17(23(30)37)21-20(35-27(39-21)24(31)38)16(18)11-13-5-7-14(8-6-13)36-25(15-3-1-9-32-22(15)29)34-19-4-2-10-33-26(19)36/h1-10,12H,11H2,(H2,29,32)(H2,30,37)(H2,31,38). The van der Waals surface area contributed by atoms with E-state index in [0.717, 1.165) is 28.7 Å². The number of primary amides is 2. The topological polar surface area (TPSA) is 169 Å². The van der Waals surface area contributed by atoms with Gasteiger partial charge in [0.25, 0.3) is 5.91 Å². The third-order valence-electron chi connectivity index (χ3n) is 6.26. The summed E-state index contributed by atoms with van der Waals surface area (Å²) in [6.45, 7) is 0. The number of nitrogens with two attached hydrogens (primary N) is 3. The molecule has 6 aromatic rings. The molecule has 0 atom stereocenters. The zero-order valence-corrected chi connectivity index (χ0v) is 20.9. The van der Waals surface area contributed by atoms with Crippen molar-refractivity contribution in [1.29, 1.82) is 0 Å². The van der Waals surface area contributed by atoms with Crippen LogP contribution in [0.3, 0.4) is 0 Å². The lowest BCUT2D eigenvalue weighted by molar-refractivity contribution is 0.0992. The van der Waals surface area contributed by atoms with E-state index in [4.69, 9.17) is 22.2 Å². The summed E-state index contributed by atoms with van der Waals surface area (Å²) in [5, 5.41) is -0.0311. The van der Waals surface area contributed by atoms with Crippen molar-refractivity contribution in [2.24, 2.45) is 11.5 Å². The number of nitrogen functional groups attached to an aromatic ring is 1. The summed E-state index contributed by atoms with van der Waals surface area (Å²) in [7, 11) is 0. The number of carbonyl (C=O) groups is 2. The minimum atomic E-state index is -0.819. The Balaban J connectivity index is 1.44. The molecule has 6 N–H and O–H groups in total. The number of hydrogen-bond donors (Lipinski definition) is 3. The van der Waals surface area contributed by atoms with Crippen LogP contribution in [0.25, 0.3) is 38.5 Å². The highest BCUT2D eigenvalue weighted by molar-refractivity contribution is 7.20. The maximum Gasteiger partial charge on any atom is 0.277 e. The van der Waals surface area contributed by atoms with Crippen molar-refractivity contribution < 1.29 is 14.0 Å². The molecule has 0 aliphatic heterocycles. The number of hydrogen-bond acceptors (Lipinski definition) is 8. The van der Waals surface area contributed by atoms with Crippen LogP contribution in [0.5, 0.6) is 0 Å². The van der Waals surface area contributed by atoms with Gasteiger partial charge in [0.1, 0.15) is 17.2 Å². The van der Waals surface area contributed by atoms with Gasteiger partial charge < -0.3 is 17.2 Å². The van der Waals surface area contributed by atoms with Gasteiger partial charge in [-0.1, -0.05) is 12.1 Å². The van der Waals surface area contributed by atoms with Crippen molar-refractivity contribution in [3.05, 3.63) is 94.5 Å². The smallest absolute Gasteiger partial charge is 0.277 e. The van der Waals surface area contributed by atoms with E-state index in [0.29, 0.717) is 33.1 Å². The molecule has 2 aromatic carbocycles. The van der Waals surface area contributed by atoms with Crippen LogP contribution in [-0.2, 0) is 6.42 Å². The highest BCUT2D eigenvalue weighted by Gasteiger charge is 2.22. The first-order valence-corrected chi connectivity index (χ1v) is 12.5. The third kappa shape index (κ3) is 4.12. The normalized spacial score (nSPS) is 11.3. The number of nitrogens with zero attached hydrogens (tertiary/aromatic N) is 5. The quantitative estimate of drug-likeness (QED) is 0.291. The summed E-state index contributed by atoms with van der Waals surface area (Å²) in [4.78, 5) is 41.3. The van der Waals surface area contributed by atoms with E-state index < -0.39 is 17.6 Å². The van der Waals surface area contributed by atoms with Gasteiger partial charge in [0.2, 0.25) is 5.91 Å². The maximum atomic E-state index is 15.2. The number of carbonyl (C=O) groups excluding carboxylic acids is 2. The predicted molar refractivity (Wildman–Crippen MR) is 146 cm³/mol. The Labute approximate surface area is 224 Å². The molecule has 0 saturated carbocycles. The molecule has 0 aliphatic carbocycles. The number of pyridine rings is 2. The Morgan fingerprint density at radius 3 is 2.41 bits per heavy atom. The maximum absolute atomic E-state index is 15.2. The molecule has 0 fully saturated rings. The van der Waals surface area contributed by atoms with Gasteiger partial charge in [-0.3, -0.25) is 14.2 Å². The van der Waals surface area contributed by atoms with Crippen LogP contribution in [0.4, 0.5) is 10.2 Å². The van der Waals surface area contributed by atoms with Crippen LogP contribution >= 0.6 is 11.3 Å². The molecule has 6 rings (SSSR count). The van der Waals surface area contributed by atoms with Gasteiger partial charge in [0, 0.05) is 30.1 Å². The van der Waals surface area contributed by atoms with Crippen LogP contribution in [-0.4, -0.2) is 36.3 Å². The zero-order chi connectivity index (χ0) is 27.3. The van der Waals surface area contributed by atoms with Crippen molar-refractivity contribution in [2.75, 3.05) is 5.73 Å². The Bertz CT molecular complexity index is 1930. The minimum absolute atomic E-state index is 0.0311. The lowest BCUT2D eigenvalue weighted by atomic mass is 10.0. The number of amides is 2. The Morgan fingerprint density at radius 2 is 1.69 bits per heavy atom. The SMILES string of the molecule is NC(=O)c1nc2c(Cc3ccc(-n4c(-c5cccnc5N)nc5cccnc54)cc3)c(F)cc(C(N)=O)c2s1. The molecule has 0 radical (unpaired) electrons. The minimum Gasteiger partial charge on any atom is -0.383 e. The van der Waals surface area contributed by atoms with Gasteiger partial charge in [-0.15, -0.1) is 11.3 Å². The average molecular weight is 539 g/mol. The number of imidazole rings is 1. The highest BCUT2D eigenvalue weighted by Crippen LogP contribution is 2.33. The van der Waals surface area contributed by atoms with Crippen molar-refractivity contribution in [3.8, 4) is 17.1 Å². The molecule has 0 bridgehead atoms. The van der Waals surface area contributed by atoms with E-state index in [9.17, 15) is 9.59 Å². The summed E-state index contributed by atoms with van der Waals surface area (Å²) >= 11 is 0.911. The molecule has 0 spiro atoms. The molecular formula is C27H19FN8O2S. The zero-order valence-electron chi connectivity index (χ0n) is 20.1. The molecule has 2 amide bonds. The first kappa shape index (κ1) is 24.1. The van der Waals surface area contributed by atoms with Crippen molar-refractivity contribution in [1.82, 2.24) is 24.5 Å². The van der Waals surface area contributed by atoms with E-state index in [-0.39, 0.29) is 28.1 Å². The Kier molecular flexibility index (Phi) is 5.73. The lowest BCUT2D eigenvalue weighted by Crippen LogP contribution is -2.12. The number of rotatable bonds is 6. The number of halogens is 1. The molecule has 4 aromatic heterocycles. The van der Waals surface area contributed by atoms with E-state index in [1.807, 2.05) is 41.0 Å². The molecular weight excluding hydrogens is 519 g/mol. The fraction of sp³-hybridized carbons (Fsp3) is 0.0370. The van der Waals surface area contributed by atoms with Gasteiger partial charge in [-0.2, -0.15) is 0 Å². The first-order chi connectivity index (χ1) is 18.8. The number of benzene rings is 2. The molecule has 10 nitrogen and oxygen atoms in total. The number of anilines is 1. The lowest BCUT2D eigenvalue weighted by Gasteiger charge is -2.12. The van der Waals surface area contributed by atoms with Gasteiger partial charge in [0.15, 0.2) is 16.5 Å². The Morgan fingerprint density at radius 1 is 0.949 bits per heavy atom. The largest absolute Gasteiger partial charge is 0.383 e. The van der Waals surface area contributed by atoms with E-state index >= 15 is 4.39 Å². The molecule has 0 unspecified atom stereocenters. The van der Waals surface area contributed by atoms with Gasteiger partial charge >= 0.3 is 0 Å². The van der Waals surface area contributed by atoms with Crippen LogP contribution < -0.4 is 17.2 Å². The molecule has 0 saturated heterocycles. The van der Waals surface area contributed by atoms with Crippen molar-refractivity contribution in [2.45, 2.75) is 6.42 Å². The fourth-order valence-electron chi connectivity index (χ4n) is 4.47. The second-order valence-electron chi connectivity index (χ2n) is 8.71. The van der Waals surface area contributed by atoms with Gasteiger partial charge in [-0.25, -0.2) is 24.3 Å². The van der Waals surface area contributed by atoms with Crippen LogP contribution in [0, 0.1) is 5.82 Å². The summed E-state index contributed by atoms with van der Waals surface area (Å²) in [6.07, 6.45) is 3.44. The molecule has 0 aliphatic rings. The molecule has 12 heteroatoms. The summed E-state index contributed by atoms with van der Waals surface area (Å²) in [5.41, 5.74) is 20.9. The number of aromatic nitrogens is 5. The van der Waals surface area contributed by atoms with E-state index in [1.54, 1.807) is 24.5 Å². The van der Waals surface area contributed by atoms with Gasteiger partial charge in [0.05, 0.1) is 21.3 Å². The Hall–Kier alpha value is -5.23. The average Bonchev–Trinajstić information content (AvgIpc) is 3.53. The monoisotopic (exact) mass is 538 g/mol. The van der Waals surface area contributed by atoms with E-state index in [2.05, 4.69) is 15.0 Å². The van der Waals surface area contributed by atoms with Crippen LogP contribution in [0.1, 0.15) is 31.3 Å². The van der Waals surface area contributed by atoms with Crippen molar-refractivity contribution in [3.63, 3.8) is 0 Å². The second-order valence-corrected chi connectivity index (χ2v) is 9.71. The summed E-state index contributed by atoms with van der Waals surface area (Å²) in [5.74, 6) is -1.32. The number of thiazole rings is 1. The summed E-state index contributed by atoms with van der Waals surface area (Å²) < 4.78 is 17.4. The van der Waals surface area contributed by atoms with Crippen molar-refractivity contribution >= 4 is 50.3 Å². The molecule has 192 valence electrons. The summed E-state index contributed by atoms with van der Waals surface area (Å²) in [6, 6.07) is 15.8. The van der Waals surface area contributed by atoms with Gasteiger partial charge in [-0.05, 0) is 48.0 Å². The predicted octanol–water partition coefficient (Wildman–Crippen LogP) is 3.60. The highest BCUT2D eigenvalue weighted by atomic mass is 32.1. The second kappa shape index (κ2) is 9.26. The molecule has 39 heavy (non-hydrogen) atoms. The van der Waals surface area contributed by atoms with E-state index in [1.165, 1.54) is 0 Å². The third-order valence-corrected chi connectivity index (χ3v) is 7.37. The first-order valence-electron chi connectivity index (χ1n) is 11.7. The number of fused-ring (bicyclic) bond motifs is 2. The van der Waals surface area contributed by atoms with Crippen LogP contribution in [0.15, 0.2) is 67.0 Å². The molecule has 4 heterocycles. The fourth-order valence-corrected chi connectivity index (χ4v) is 5.43. The van der Waals surface area contributed by atoms with Crippen LogP contribution in [0.2, 0.25) is 0 Å².